The van der Waals surface area contributed by atoms with Crippen LogP contribution in [0.15, 0.2) is 67.0 Å². The third-order valence-corrected chi connectivity index (χ3v) is 2.60. The normalized spacial score (nSPS) is 8.58. The number of hydrogen-bond donors (Lipinski definition) is 0. The van der Waals surface area contributed by atoms with Crippen molar-refractivity contribution in [3.63, 3.8) is 0 Å². The van der Waals surface area contributed by atoms with Crippen LogP contribution < -0.4 is 0 Å². The van der Waals surface area contributed by atoms with Crippen LogP contribution in [0.5, 0.6) is 0 Å². The zero-order valence-electron chi connectivity index (χ0n) is 12.3. The maximum absolute atomic E-state index is 4.81. The van der Waals surface area contributed by atoms with Gasteiger partial charge in [0.05, 0.1) is 22.8 Å². The Kier molecular flexibility index (Phi) is 14.4. The molecule has 0 saturated heterocycles. The Hall–Kier alpha value is -1.43. The van der Waals surface area contributed by atoms with Gasteiger partial charge in [-0.3, -0.25) is 9.97 Å². The van der Waals surface area contributed by atoms with Gasteiger partial charge in [-0.1, -0.05) is 18.2 Å². The Morgan fingerprint density at radius 1 is 0.583 bits per heavy atom. The van der Waals surface area contributed by atoms with E-state index < -0.39 is 0 Å². The molecule has 0 bridgehead atoms. The third-order valence-electron chi connectivity index (χ3n) is 2.60. The smallest absolute Gasteiger partial charge is 0.0894 e. The SMILES string of the molecule is O.O.O.[Cl][Pd][Cl].c1ccc(-c2cccc(-c3ccccn3)n2)nc1. The molecule has 0 atom stereocenters. The van der Waals surface area contributed by atoms with E-state index in [1.54, 1.807) is 12.4 Å². The molecule has 0 radical (unpaired) electrons. The predicted molar refractivity (Wildman–Crippen MR) is 93.2 cm³/mol. The van der Waals surface area contributed by atoms with E-state index in [0.717, 1.165) is 22.8 Å². The monoisotopic (exact) mass is 463 g/mol. The Morgan fingerprint density at radius 3 is 1.29 bits per heavy atom. The second-order valence-electron chi connectivity index (χ2n) is 3.88. The van der Waals surface area contributed by atoms with Crippen molar-refractivity contribution < 1.29 is 32.4 Å². The van der Waals surface area contributed by atoms with E-state index in [2.05, 4.69) is 15.0 Å². The summed E-state index contributed by atoms with van der Waals surface area (Å²) in [6.45, 7) is 0. The molecular formula is C15H17Cl2N3O3Pd. The molecule has 134 valence electrons. The molecule has 6 N–H and O–H groups in total. The van der Waals surface area contributed by atoms with Crippen molar-refractivity contribution in [3.8, 4) is 22.8 Å². The standard InChI is InChI=1S/C15H11N3.2ClH.3H2O.Pd/c1-3-10-16-12(6-1)14-8-5-9-15(18-14)13-7-2-4-11-17-13;;;;;;/h1-11H;2*1H;3*1H2;/q;;;;;;+2/p-2. The summed E-state index contributed by atoms with van der Waals surface area (Å²) in [5.74, 6) is 0. The Morgan fingerprint density at radius 2 is 0.958 bits per heavy atom. The van der Waals surface area contributed by atoms with Gasteiger partial charge in [-0.15, -0.1) is 0 Å². The summed E-state index contributed by atoms with van der Waals surface area (Å²) < 4.78 is 0. The Bertz CT molecular complexity index is 624. The van der Waals surface area contributed by atoms with Crippen LogP contribution in [0.4, 0.5) is 0 Å². The second kappa shape index (κ2) is 14.0. The molecule has 0 aliphatic carbocycles. The van der Waals surface area contributed by atoms with E-state index in [1.165, 1.54) is 0 Å². The molecule has 9 heteroatoms. The summed E-state index contributed by atoms with van der Waals surface area (Å²) in [5.41, 5.74) is 3.46. The van der Waals surface area contributed by atoms with Crippen molar-refractivity contribution in [3.05, 3.63) is 67.0 Å². The molecule has 0 aliphatic rings. The first-order chi connectivity index (χ1) is 10.3. The molecular weight excluding hydrogens is 448 g/mol. The van der Waals surface area contributed by atoms with E-state index in [9.17, 15) is 0 Å². The topological polar surface area (TPSA) is 133 Å². The van der Waals surface area contributed by atoms with Crippen molar-refractivity contribution in [2.75, 3.05) is 0 Å². The quantitative estimate of drug-likeness (QED) is 0.538. The van der Waals surface area contributed by atoms with Crippen LogP contribution in [0.1, 0.15) is 0 Å². The zero-order valence-corrected chi connectivity index (χ0v) is 15.3. The fourth-order valence-electron chi connectivity index (χ4n) is 1.75. The van der Waals surface area contributed by atoms with Gasteiger partial charge < -0.3 is 16.4 Å². The largest absolute Gasteiger partial charge is 0.255 e. The average molecular weight is 465 g/mol. The first-order valence-electron chi connectivity index (χ1n) is 5.97. The molecule has 3 rings (SSSR count). The summed E-state index contributed by atoms with van der Waals surface area (Å²) in [7, 11) is 9.63. The van der Waals surface area contributed by atoms with Gasteiger partial charge in [0, 0.05) is 12.4 Å². The van der Waals surface area contributed by atoms with Gasteiger partial charge in [-0.2, -0.15) is 0 Å². The molecule has 3 aromatic heterocycles. The Balaban J connectivity index is 0. The number of halogens is 2. The molecule has 3 aromatic rings. The van der Waals surface area contributed by atoms with Gasteiger partial charge in [-0.25, -0.2) is 4.98 Å². The maximum Gasteiger partial charge on any atom is 0.0894 e. The molecule has 0 spiro atoms. The molecule has 0 aliphatic heterocycles. The van der Waals surface area contributed by atoms with Crippen molar-refractivity contribution >= 4 is 19.1 Å². The average Bonchev–Trinajstić information content (AvgIpc) is 2.57. The van der Waals surface area contributed by atoms with Crippen molar-refractivity contribution in [2.45, 2.75) is 0 Å². The molecule has 6 nitrogen and oxygen atoms in total. The van der Waals surface area contributed by atoms with Crippen LogP contribution in [0.2, 0.25) is 0 Å². The summed E-state index contributed by atoms with van der Waals surface area (Å²) in [5, 5.41) is 0. The van der Waals surface area contributed by atoms with E-state index >= 15 is 0 Å². The van der Waals surface area contributed by atoms with Crippen LogP contribution >= 0.6 is 19.1 Å². The van der Waals surface area contributed by atoms with Crippen molar-refractivity contribution in [1.29, 1.82) is 0 Å². The molecule has 24 heavy (non-hydrogen) atoms. The Labute approximate surface area is 155 Å². The zero-order chi connectivity index (χ0) is 14.9. The fraction of sp³-hybridized carbons (Fsp3) is 0. The summed E-state index contributed by atoms with van der Waals surface area (Å²) in [6, 6.07) is 17.5. The number of aromatic nitrogens is 3. The fourth-order valence-corrected chi connectivity index (χ4v) is 1.75. The second-order valence-corrected chi connectivity index (χ2v) is 6.24. The van der Waals surface area contributed by atoms with Crippen LogP contribution in [-0.2, 0) is 15.9 Å². The number of hydrogen-bond acceptors (Lipinski definition) is 3. The van der Waals surface area contributed by atoms with Gasteiger partial charge in [-0.05, 0) is 36.4 Å². The molecule has 3 heterocycles. The summed E-state index contributed by atoms with van der Waals surface area (Å²) in [6.07, 6.45) is 3.54. The number of pyridine rings is 3. The van der Waals surface area contributed by atoms with Crippen LogP contribution in [0, 0.1) is 0 Å². The van der Waals surface area contributed by atoms with E-state index in [0.29, 0.717) is 0 Å². The van der Waals surface area contributed by atoms with E-state index in [-0.39, 0.29) is 32.4 Å². The van der Waals surface area contributed by atoms with Crippen molar-refractivity contribution in [2.24, 2.45) is 0 Å². The molecule has 0 fully saturated rings. The third kappa shape index (κ3) is 7.43. The first-order valence-corrected chi connectivity index (χ1v) is 9.97. The van der Waals surface area contributed by atoms with Crippen LogP contribution in [0.25, 0.3) is 22.8 Å². The molecule has 0 amide bonds. The van der Waals surface area contributed by atoms with E-state index in [1.807, 2.05) is 54.6 Å². The minimum atomic E-state index is -0.106. The van der Waals surface area contributed by atoms with Gasteiger partial charge in [0.2, 0.25) is 0 Å². The van der Waals surface area contributed by atoms with Gasteiger partial charge in [0.25, 0.3) is 0 Å². The minimum Gasteiger partial charge on any atom is -0.255 e. The molecule has 0 saturated carbocycles. The number of rotatable bonds is 2. The van der Waals surface area contributed by atoms with Gasteiger partial charge in [0.15, 0.2) is 0 Å². The van der Waals surface area contributed by atoms with Crippen LogP contribution in [0.3, 0.4) is 0 Å². The van der Waals surface area contributed by atoms with Crippen molar-refractivity contribution in [1.82, 2.24) is 15.0 Å². The number of nitrogens with zero attached hydrogens (tertiary/aromatic N) is 3. The van der Waals surface area contributed by atoms with Gasteiger partial charge >= 0.3 is 35.0 Å². The maximum atomic E-state index is 4.81. The summed E-state index contributed by atoms with van der Waals surface area (Å²) >= 11 is -0.106. The molecule has 0 unspecified atom stereocenters. The summed E-state index contributed by atoms with van der Waals surface area (Å²) in [4.78, 5) is 13.2. The van der Waals surface area contributed by atoms with Crippen LogP contribution in [-0.4, -0.2) is 31.4 Å². The predicted octanol–water partition coefficient (Wildman–Crippen LogP) is 2.11. The van der Waals surface area contributed by atoms with E-state index in [4.69, 9.17) is 19.1 Å². The minimum absolute atomic E-state index is 0. The van der Waals surface area contributed by atoms with Gasteiger partial charge in [0.1, 0.15) is 0 Å². The first kappa shape index (κ1) is 24.8. The molecule has 0 aromatic carbocycles.